The Hall–Kier alpha value is -2.00. The van der Waals surface area contributed by atoms with Crippen LogP contribution in [0.4, 0.5) is 0 Å². The van der Waals surface area contributed by atoms with Gasteiger partial charge in [-0.05, 0) is 62.3 Å². The van der Waals surface area contributed by atoms with E-state index in [9.17, 15) is 10.2 Å². The summed E-state index contributed by atoms with van der Waals surface area (Å²) in [6, 6.07) is 13.0. The maximum absolute atomic E-state index is 10.2. The summed E-state index contributed by atoms with van der Waals surface area (Å²) in [5.74, 6) is 0.584. The highest BCUT2D eigenvalue weighted by atomic mass is 16.3. The summed E-state index contributed by atoms with van der Waals surface area (Å²) in [6.07, 6.45) is 4.27. The van der Waals surface area contributed by atoms with Crippen LogP contribution in [0.5, 0.6) is 11.5 Å². The molecule has 2 N–H and O–H groups in total. The fourth-order valence-corrected chi connectivity index (χ4v) is 4.66. The van der Waals surface area contributed by atoms with E-state index >= 15 is 0 Å². The molecule has 1 heterocycles. The Labute approximate surface area is 143 Å². The fourth-order valence-electron chi connectivity index (χ4n) is 4.66. The van der Waals surface area contributed by atoms with Crippen molar-refractivity contribution >= 4 is 0 Å². The predicted molar refractivity (Wildman–Crippen MR) is 95.4 cm³/mol. The van der Waals surface area contributed by atoms with E-state index in [-0.39, 0.29) is 11.5 Å². The molecule has 2 aromatic carbocycles. The molecular weight excluding hydrogens is 298 g/mol. The van der Waals surface area contributed by atoms with Crippen LogP contribution in [0.25, 0.3) is 0 Å². The number of fused-ring (bicyclic) bond motifs is 3. The number of hydrogen-bond acceptors (Lipinski definition) is 3. The minimum Gasteiger partial charge on any atom is -0.504 e. The first-order valence-corrected chi connectivity index (χ1v) is 8.97. The number of hydrogen-bond donors (Lipinski definition) is 2. The second kappa shape index (κ2) is 6.14. The third-order valence-corrected chi connectivity index (χ3v) is 5.75. The van der Waals surface area contributed by atoms with Gasteiger partial charge >= 0.3 is 0 Å². The molecule has 126 valence electrons. The number of aromatic hydroxyl groups is 2. The molecule has 1 fully saturated rings. The van der Waals surface area contributed by atoms with Crippen molar-refractivity contribution in [2.24, 2.45) is 0 Å². The maximum Gasteiger partial charge on any atom is 0.160 e. The third-order valence-electron chi connectivity index (χ3n) is 5.75. The monoisotopic (exact) mass is 323 g/mol. The predicted octanol–water partition coefficient (Wildman–Crippen LogP) is 4.10. The van der Waals surface area contributed by atoms with Crippen LogP contribution in [0.15, 0.2) is 36.4 Å². The van der Waals surface area contributed by atoms with Crippen LogP contribution in [0.3, 0.4) is 0 Å². The lowest BCUT2D eigenvalue weighted by molar-refractivity contribution is 0.104. The van der Waals surface area contributed by atoms with Gasteiger partial charge in [0.15, 0.2) is 11.5 Å². The van der Waals surface area contributed by atoms with Crippen molar-refractivity contribution in [3.8, 4) is 11.5 Å². The number of aryl methyl sites for hydroxylation is 1. The minimum absolute atomic E-state index is 0.0135. The van der Waals surface area contributed by atoms with Gasteiger partial charge in [0.25, 0.3) is 0 Å². The summed E-state index contributed by atoms with van der Waals surface area (Å²) in [4.78, 5) is 2.62. The number of nitrogens with zero attached hydrogens (tertiary/aromatic N) is 1. The van der Waals surface area contributed by atoms with Crippen LogP contribution in [-0.4, -0.2) is 27.7 Å². The van der Waals surface area contributed by atoms with E-state index in [1.165, 1.54) is 29.5 Å². The van der Waals surface area contributed by atoms with Gasteiger partial charge in [0.05, 0.1) is 0 Å². The molecule has 2 aliphatic rings. The van der Waals surface area contributed by atoms with Gasteiger partial charge in [-0.1, -0.05) is 35.9 Å². The van der Waals surface area contributed by atoms with Crippen molar-refractivity contribution in [3.05, 3.63) is 58.7 Å². The molecule has 0 unspecified atom stereocenters. The first kappa shape index (κ1) is 15.5. The zero-order valence-electron chi connectivity index (χ0n) is 14.2. The van der Waals surface area contributed by atoms with Gasteiger partial charge in [0, 0.05) is 18.2 Å². The highest BCUT2D eigenvalue weighted by Gasteiger charge is 2.37. The Bertz CT molecular complexity index is 755. The van der Waals surface area contributed by atoms with Gasteiger partial charge in [0.1, 0.15) is 0 Å². The normalized spacial score (nSPS) is 23.5. The summed E-state index contributed by atoms with van der Waals surface area (Å²) in [5, 5.41) is 20.0. The largest absolute Gasteiger partial charge is 0.504 e. The van der Waals surface area contributed by atoms with Gasteiger partial charge in [-0.2, -0.15) is 0 Å². The average Bonchev–Trinajstić information content (AvgIpc) is 2.58. The minimum atomic E-state index is 0.0135. The number of benzene rings is 2. The molecule has 0 saturated carbocycles. The molecule has 2 aromatic rings. The van der Waals surface area contributed by atoms with E-state index in [1.807, 2.05) is 6.07 Å². The van der Waals surface area contributed by atoms with Gasteiger partial charge in [-0.25, -0.2) is 0 Å². The molecule has 3 heteroatoms. The quantitative estimate of drug-likeness (QED) is 0.818. The molecule has 1 aliphatic heterocycles. The van der Waals surface area contributed by atoms with Gasteiger partial charge in [-0.3, -0.25) is 4.90 Å². The molecule has 3 nitrogen and oxygen atoms in total. The van der Waals surface area contributed by atoms with E-state index in [0.29, 0.717) is 12.0 Å². The summed E-state index contributed by atoms with van der Waals surface area (Å²) < 4.78 is 0. The maximum atomic E-state index is 10.2. The summed E-state index contributed by atoms with van der Waals surface area (Å²) in [5.41, 5.74) is 4.91. The zero-order valence-corrected chi connectivity index (χ0v) is 14.2. The van der Waals surface area contributed by atoms with Crippen molar-refractivity contribution in [3.63, 3.8) is 0 Å². The van der Waals surface area contributed by atoms with E-state index in [0.717, 1.165) is 31.5 Å². The topological polar surface area (TPSA) is 43.7 Å². The first-order valence-electron chi connectivity index (χ1n) is 8.97. The Kier molecular flexibility index (Phi) is 3.97. The van der Waals surface area contributed by atoms with Crippen LogP contribution >= 0.6 is 0 Å². The molecule has 2 atom stereocenters. The number of rotatable bonds is 2. The number of phenols is 2. The van der Waals surface area contributed by atoms with Gasteiger partial charge in [0.2, 0.25) is 0 Å². The molecule has 0 aromatic heterocycles. The Morgan fingerprint density at radius 1 is 1.12 bits per heavy atom. The number of piperidine rings is 1. The lowest BCUT2D eigenvalue weighted by atomic mass is 9.74. The SMILES string of the molecule is Cc1cccc(CN2CCC[C@H]3c4ccc(O)c(O)c4CC[C@@H]32)c1. The van der Waals surface area contributed by atoms with Crippen molar-refractivity contribution in [1.29, 1.82) is 0 Å². The molecule has 0 radical (unpaired) electrons. The molecule has 0 bridgehead atoms. The van der Waals surface area contributed by atoms with Crippen LogP contribution in [0.1, 0.15) is 47.4 Å². The standard InChI is InChI=1S/C21H25NO2/c1-14-4-2-5-15(12-14)13-22-11-3-6-17-16-8-10-20(23)21(24)18(16)7-9-19(17)22/h2,4-5,8,10,12,17,19,23-24H,3,6-7,9,11,13H2,1H3/t17-,19-/m0/s1. The van der Waals surface area contributed by atoms with Crippen LogP contribution in [0, 0.1) is 6.92 Å². The molecule has 4 rings (SSSR count). The van der Waals surface area contributed by atoms with E-state index in [1.54, 1.807) is 6.07 Å². The lowest BCUT2D eigenvalue weighted by Crippen LogP contribution is -2.45. The van der Waals surface area contributed by atoms with Crippen molar-refractivity contribution in [1.82, 2.24) is 4.90 Å². The van der Waals surface area contributed by atoms with E-state index in [4.69, 9.17) is 0 Å². The van der Waals surface area contributed by atoms with E-state index in [2.05, 4.69) is 36.1 Å². The molecule has 1 saturated heterocycles. The molecule has 24 heavy (non-hydrogen) atoms. The van der Waals surface area contributed by atoms with Gasteiger partial charge < -0.3 is 10.2 Å². The summed E-state index contributed by atoms with van der Waals surface area (Å²) in [7, 11) is 0. The Balaban J connectivity index is 1.61. The lowest BCUT2D eigenvalue weighted by Gasteiger charge is -2.45. The molecular formula is C21H25NO2. The van der Waals surface area contributed by atoms with Crippen molar-refractivity contribution in [2.45, 2.75) is 51.1 Å². The van der Waals surface area contributed by atoms with Crippen LogP contribution in [-0.2, 0) is 13.0 Å². The summed E-state index contributed by atoms with van der Waals surface area (Å²) >= 11 is 0. The molecule has 0 spiro atoms. The molecule has 1 aliphatic carbocycles. The average molecular weight is 323 g/mol. The Morgan fingerprint density at radius 3 is 2.83 bits per heavy atom. The van der Waals surface area contributed by atoms with Crippen molar-refractivity contribution < 1.29 is 10.2 Å². The van der Waals surface area contributed by atoms with Crippen LogP contribution < -0.4 is 0 Å². The number of phenolic OH excluding ortho intramolecular Hbond substituents is 2. The van der Waals surface area contributed by atoms with Crippen molar-refractivity contribution in [2.75, 3.05) is 6.54 Å². The fraction of sp³-hybridized carbons (Fsp3) is 0.429. The highest BCUT2D eigenvalue weighted by molar-refractivity contribution is 5.52. The third kappa shape index (κ3) is 2.67. The first-order chi connectivity index (χ1) is 11.6. The Morgan fingerprint density at radius 2 is 2.00 bits per heavy atom. The smallest absolute Gasteiger partial charge is 0.160 e. The summed E-state index contributed by atoms with van der Waals surface area (Å²) in [6.45, 7) is 4.30. The second-order valence-corrected chi connectivity index (χ2v) is 7.32. The number of likely N-dealkylation sites (tertiary alicyclic amines) is 1. The zero-order chi connectivity index (χ0) is 16.7. The highest BCUT2D eigenvalue weighted by Crippen LogP contribution is 2.45. The molecule has 0 amide bonds. The van der Waals surface area contributed by atoms with Crippen LogP contribution in [0.2, 0.25) is 0 Å². The van der Waals surface area contributed by atoms with Gasteiger partial charge in [-0.15, -0.1) is 0 Å². The van der Waals surface area contributed by atoms with E-state index < -0.39 is 0 Å². The second-order valence-electron chi connectivity index (χ2n) is 7.32.